The van der Waals surface area contributed by atoms with Crippen LogP contribution in [0.4, 0.5) is 0 Å². The number of azide groups is 1. The van der Waals surface area contributed by atoms with Gasteiger partial charge in [0.1, 0.15) is 0 Å². The average Bonchev–Trinajstić information content (AvgIpc) is 2.40. The van der Waals surface area contributed by atoms with Crippen LogP contribution in [0.25, 0.3) is 31.8 Å². The molecule has 0 saturated carbocycles. The smallest absolute Gasteiger partial charge is 0.0701 e. The number of hydrogen-bond donors (Lipinski definition) is 0. The van der Waals surface area contributed by atoms with Crippen LogP contribution >= 0.6 is 0 Å². The molecule has 1 aromatic carbocycles. The Hall–Kier alpha value is -2.23. The Morgan fingerprint density at radius 3 is 2.29 bits per heavy atom. The zero-order chi connectivity index (χ0) is 12.3. The largest absolute Gasteiger partial charge is 0.256 e. The molecule has 0 spiro atoms. The second kappa shape index (κ2) is 7.98. The van der Waals surface area contributed by atoms with Crippen molar-refractivity contribution in [3.8, 4) is 0 Å². The molecule has 2 aromatic rings. The molecule has 0 atom stereocenters. The molecule has 2 rings (SSSR count). The van der Waals surface area contributed by atoms with Gasteiger partial charge < -0.3 is 0 Å². The van der Waals surface area contributed by atoms with Crippen molar-refractivity contribution in [1.82, 2.24) is 4.98 Å². The van der Waals surface area contributed by atoms with Crippen molar-refractivity contribution in [3.05, 3.63) is 63.5 Å². The van der Waals surface area contributed by atoms with E-state index in [0.717, 1.165) is 5.52 Å². The van der Waals surface area contributed by atoms with E-state index >= 15 is 0 Å². The zero-order valence-corrected chi connectivity index (χ0v) is 9.42. The Morgan fingerprint density at radius 1 is 1.00 bits per heavy atom. The fourth-order valence-corrected chi connectivity index (χ4v) is 1.17. The normalized spacial score (nSPS) is 8.47. The molecule has 0 unspecified atom stereocenters. The van der Waals surface area contributed by atoms with Crippen LogP contribution in [-0.4, -0.2) is 4.98 Å². The van der Waals surface area contributed by atoms with Crippen LogP contribution in [0, 0.1) is 0 Å². The minimum absolute atomic E-state index is 0.547. The number of rotatable bonds is 2. The first-order chi connectivity index (χ1) is 8.38. The fraction of sp³-hybridized carbons (Fsp3) is 0. The molecule has 0 aliphatic heterocycles. The van der Waals surface area contributed by atoms with Crippen molar-refractivity contribution in [2.45, 2.75) is 0 Å². The van der Waals surface area contributed by atoms with Crippen molar-refractivity contribution >= 4 is 10.9 Å². The van der Waals surface area contributed by atoms with Gasteiger partial charge in [-0.25, -0.2) is 0 Å². The third kappa shape index (κ3) is 4.88. The van der Waals surface area contributed by atoms with E-state index in [-0.39, 0.29) is 0 Å². The van der Waals surface area contributed by atoms with Crippen LogP contribution in [0.3, 0.4) is 0 Å². The summed E-state index contributed by atoms with van der Waals surface area (Å²) < 4.78 is 5.66. The summed E-state index contributed by atoms with van der Waals surface area (Å²) in [5.41, 5.74) is 16.1. The summed E-state index contributed by atoms with van der Waals surface area (Å²) in [4.78, 5) is 8.76. The van der Waals surface area contributed by atoms with E-state index in [9.17, 15) is 0 Å². The summed E-state index contributed by atoms with van der Waals surface area (Å²) in [6.07, 6.45) is 1.81. The fourth-order valence-electron chi connectivity index (χ4n) is 1.05. The zero-order valence-electron chi connectivity index (χ0n) is 8.47. The second-order valence-corrected chi connectivity index (χ2v) is 3.12. The summed E-state index contributed by atoms with van der Waals surface area (Å²) in [6, 6.07) is 12.1. The Bertz CT molecular complexity index is 491. The molecule has 1 aromatic heterocycles. The van der Waals surface area contributed by atoms with Crippen LogP contribution in [-0.2, 0) is 15.4 Å². The van der Waals surface area contributed by atoms with E-state index in [1.54, 1.807) is 0 Å². The second-order valence-electron chi connectivity index (χ2n) is 2.56. The van der Waals surface area contributed by atoms with E-state index in [1.807, 2.05) is 30.5 Å². The number of para-hydroxylation sites is 1. The van der Waals surface area contributed by atoms with E-state index in [1.165, 1.54) is 5.39 Å². The van der Waals surface area contributed by atoms with Crippen LogP contribution in [0.2, 0.25) is 0 Å². The van der Waals surface area contributed by atoms with E-state index in [2.05, 4.69) is 35.2 Å². The Labute approximate surface area is 103 Å². The molecule has 89 valence electrons. The van der Waals surface area contributed by atoms with E-state index in [4.69, 9.17) is 11.1 Å². The molecule has 0 amide bonds. The first-order valence-electron chi connectivity index (χ1n) is 4.33. The van der Waals surface area contributed by atoms with Crippen molar-refractivity contribution in [3.63, 3.8) is 0 Å². The van der Waals surface area contributed by atoms with Gasteiger partial charge in [0.2, 0.25) is 0 Å². The quantitative estimate of drug-likeness (QED) is 0.354. The van der Waals surface area contributed by atoms with Crippen molar-refractivity contribution in [1.29, 1.82) is 0 Å². The summed E-state index contributed by atoms with van der Waals surface area (Å²) in [6.45, 7) is 0. The van der Waals surface area contributed by atoms with Crippen molar-refractivity contribution in [2.75, 3.05) is 0 Å². The number of pyridine rings is 1. The van der Waals surface area contributed by atoms with Crippen molar-refractivity contribution < 1.29 is 15.4 Å². The number of nitrogens with zero attached hydrogens (tertiary/aromatic N) is 7. The van der Waals surface area contributed by atoms with Gasteiger partial charge in [-0.2, -0.15) is 0 Å². The predicted molar refractivity (Wildman–Crippen MR) is 60.0 cm³/mol. The monoisotopic (exact) mass is 276 g/mol. The molecule has 0 bridgehead atoms. The third-order valence-electron chi connectivity index (χ3n) is 1.62. The van der Waals surface area contributed by atoms with Gasteiger partial charge in [-0.05, 0) is 12.1 Å². The molecule has 8 heteroatoms. The number of aromatic nitrogens is 1. The van der Waals surface area contributed by atoms with Gasteiger partial charge in [-0.3, -0.25) is 4.98 Å². The van der Waals surface area contributed by atoms with Gasteiger partial charge in [-0.1, -0.05) is 24.3 Å². The Kier molecular flexibility index (Phi) is 6.03. The molecular weight excluding hydrogens is 270 g/mol. The number of fused-ring (bicyclic) bond motifs is 1. The maximum Gasteiger partial charge on any atom is 0.0701 e. The van der Waals surface area contributed by atoms with Gasteiger partial charge in [0.25, 0.3) is 0 Å². The maximum atomic E-state index is 7.54. The van der Waals surface area contributed by atoms with Crippen LogP contribution < -0.4 is 0 Å². The van der Waals surface area contributed by atoms with Gasteiger partial charge >= 0.3 is 44.5 Å². The molecule has 0 N–H and O–H groups in total. The molecule has 0 aliphatic carbocycles. The Balaban J connectivity index is 0.000000185. The van der Waals surface area contributed by atoms with Gasteiger partial charge in [0.15, 0.2) is 0 Å². The predicted octanol–water partition coefficient (Wildman–Crippen LogP) is 3.75. The van der Waals surface area contributed by atoms with Gasteiger partial charge in [0.05, 0.1) is 5.52 Å². The molecule has 7 nitrogen and oxygen atoms in total. The van der Waals surface area contributed by atoms with Gasteiger partial charge in [-0.15, -0.1) is 0 Å². The summed E-state index contributed by atoms with van der Waals surface area (Å²) in [7, 11) is 0. The van der Waals surface area contributed by atoms with Crippen LogP contribution in [0.5, 0.6) is 0 Å². The first-order valence-corrected chi connectivity index (χ1v) is 5.18. The molecule has 0 radical (unpaired) electrons. The number of hydrogen-bond acceptors (Lipinski definition) is 3. The van der Waals surface area contributed by atoms with Crippen LogP contribution in [0.15, 0.2) is 50.9 Å². The topological polar surface area (TPSA) is 110 Å². The molecule has 0 aliphatic rings. The molecule has 17 heavy (non-hydrogen) atoms. The minimum Gasteiger partial charge on any atom is -0.256 e. The summed E-state index contributed by atoms with van der Waals surface area (Å²) in [5.74, 6) is 0. The molecular formula is C9H7CuN7. The van der Waals surface area contributed by atoms with Crippen molar-refractivity contribution in [2.24, 2.45) is 8.26 Å². The summed E-state index contributed by atoms with van der Waals surface area (Å²) in [5, 5.41) is 1.20. The Morgan fingerprint density at radius 2 is 1.65 bits per heavy atom. The van der Waals surface area contributed by atoms with Crippen LogP contribution in [0.1, 0.15) is 0 Å². The molecule has 0 fully saturated rings. The minimum atomic E-state index is 0.547. The third-order valence-corrected chi connectivity index (χ3v) is 1.96. The molecule has 0 saturated heterocycles. The maximum absolute atomic E-state index is 7.54. The summed E-state index contributed by atoms with van der Waals surface area (Å²) >= 11 is 0.547. The molecule has 1 heterocycles. The standard InChI is InChI=1S/C9H7N.Cu.2N3/c1-2-6-9-8(4-1)5-3-7-10-9;;2*1-3-2/h1-7H;;;/q;+2;2*-1. The first kappa shape index (κ1) is 12.8. The average molecular weight is 277 g/mol. The number of benzene rings is 1. The van der Waals surface area contributed by atoms with E-state index in [0.29, 0.717) is 15.4 Å². The van der Waals surface area contributed by atoms with Gasteiger partial charge in [0, 0.05) is 11.6 Å². The SMILES string of the molecule is [N-]=[N+]=[N][Cu][N]=[N+]=[N-].c1ccc2ncccc2c1. The van der Waals surface area contributed by atoms with E-state index < -0.39 is 0 Å².